The number of amides is 1. The highest BCUT2D eigenvalue weighted by molar-refractivity contribution is 5.85. The van der Waals surface area contributed by atoms with Crippen molar-refractivity contribution in [1.29, 1.82) is 0 Å². The van der Waals surface area contributed by atoms with E-state index in [-0.39, 0.29) is 11.9 Å². The zero-order valence-corrected chi connectivity index (χ0v) is 18.7. The molecule has 4 aromatic rings. The standard InChI is InChI=1S/C26H28N4O2/c1-18(16-20-8-4-5-11-24(20)32-3)29-25(31)12-15-30-23(22-10-7-13-27-19(22)2)17-21-9-6-14-28-26(21)30/h4-11,13-14,17-18H,12,15-16H2,1-3H3,(H,29,31). The van der Waals surface area contributed by atoms with Gasteiger partial charge in [-0.25, -0.2) is 4.98 Å². The SMILES string of the molecule is COc1ccccc1CC(C)NC(=O)CCn1c(-c2cccnc2C)cc2cccnc21. The van der Waals surface area contributed by atoms with Gasteiger partial charge in [-0.1, -0.05) is 18.2 Å². The minimum absolute atomic E-state index is 0.00151. The summed E-state index contributed by atoms with van der Waals surface area (Å²) in [5.74, 6) is 0.856. The second kappa shape index (κ2) is 9.64. The molecule has 32 heavy (non-hydrogen) atoms. The van der Waals surface area contributed by atoms with Crippen molar-refractivity contribution >= 4 is 16.9 Å². The van der Waals surface area contributed by atoms with Gasteiger partial charge < -0.3 is 14.6 Å². The normalized spacial score (nSPS) is 12.0. The van der Waals surface area contributed by atoms with Crippen molar-refractivity contribution in [2.24, 2.45) is 0 Å². The Hall–Kier alpha value is -3.67. The first-order valence-corrected chi connectivity index (χ1v) is 10.8. The van der Waals surface area contributed by atoms with Gasteiger partial charge in [-0.15, -0.1) is 0 Å². The molecule has 0 fully saturated rings. The van der Waals surface area contributed by atoms with E-state index < -0.39 is 0 Å². The van der Waals surface area contributed by atoms with E-state index in [0.29, 0.717) is 19.4 Å². The van der Waals surface area contributed by atoms with Gasteiger partial charge in [-0.3, -0.25) is 9.78 Å². The van der Waals surface area contributed by atoms with E-state index in [9.17, 15) is 4.79 Å². The topological polar surface area (TPSA) is 69.0 Å². The maximum atomic E-state index is 12.8. The molecule has 1 aromatic carbocycles. The number of pyridine rings is 2. The molecule has 6 heteroatoms. The fraction of sp³-hybridized carbons (Fsp3) is 0.269. The largest absolute Gasteiger partial charge is 0.496 e. The number of para-hydroxylation sites is 1. The molecule has 0 saturated carbocycles. The fourth-order valence-electron chi connectivity index (χ4n) is 4.10. The van der Waals surface area contributed by atoms with E-state index in [2.05, 4.69) is 32.0 Å². The maximum absolute atomic E-state index is 12.8. The highest BCUT2D eigenvalue weighted by atomic mass is 16.5. The van der Waals surface area contributed by atoms with Crippen LogP contribution in [0.1, 0.15) is 24.6 Å². The quantitative estimate of drug-likeness (QED) is 0.447. The Morgan fingerprint density at radius 2 is 1.88 bits per heavy atom. The van der Waals surface area contributed by atoms with Crippen molar-refractivity contribution in [3.63, 3.8) is 0 Å². The summed E-state index contributed by atoms with van der Waals surface area (Å²) in [4.78, 5) is 21.8. The lowest BCUT2D eigenvalue weighted by molar-refractivity contribution is -0.121. The average Bonchev–Trinajstić information content (AvgIpc) is 3.16. The summed E-state index contributed by atoms with van der Waals surface area (Å²) in [5, 5.41) is 4.17. The third-order valence-corrected chi connectivity index (χ3v) is 5.63. The first-order chi connectivity index (χ1) is 15.6. The van der Waals surface area contributed by atoms with Crippen molar-refractivity contribution in [2.45, 2.75) is 39.3 Å². The van der Waals surface area contributed by atoms with Crippen LogP contribution in [0.2, 0.25) is 0 Å². The molecule has 1 atom stereocenters. The van der Waals surface area contributed by atoms with Crippen LogP contribution < -0.4 is 10.1 Å². The molecule has 3 heterocycles. The zero-order valence-electron chi connectivity index (χ0n) is 18.7. The number of aryl methyl sites for hydroxylation is 2. The number of rotatable bonds is 8. The Morgan fingerprint density at radius 3 is 2.69 bits per heavy atom. The number of nitrogens with one attached hydrogen (secondary N) is 1. The molecule has 0 radical (unpaired) electrons. The van der Waals surface area contributed by atoms with E-state index in [1.807, 2.05) is 56.3 Å². The number of carbonyl (C=O) groups excluding carboxylic acids is 1. The first-order valence-electron chi connectivity index (χ1n) is 10.8. The van der Waals surface area contributed by atoms with Crippen LogP contribution in [-0.4, -0.2) is 33.6 Å². The molecule has 3 aromatic heterocycles. The van der Waals surface area contributed by atoms with E-state index in [4.69, 9.17) is 4.74 Å². The Morgan fingerprint density at radius 1 is 1.09 bits per heavy atom. The summed E-state index contributed by atoms with van der Waals surface area (Å²) < 4.78 is 7.54. The number of hydrogen-bond acceptors (Lipinski definition) is 4. The summed E-state index contributed by atoms with van der Waals surface area (Å²) in [6.07, 6.45) is 4.65. The minimum Gasteiger partial charge on any atom is -0.496 e. The van der Waals surface area contributed by atoms with Crippen LogP contribution in [0.15, 0.2) is 67.0 Å². The Kier molecular flexibility index (Phi) is 6.50. The van der Waals surface area contributed by atoms with E-state index in [1.165, 1.54) is 0 Å². The molecule has 0 aliphatic rings. The van der Waals surface area contributed by atoms with Gasteiger partial charge >= 0.3 is 0 Å². The Balaban J connectivity index is 1.49. The van der Waals surface area contributed by atoms with Gasteiger partial charge in [-0.05, 0) is 62.2 Å². The number of ether oxygens (including phenoxy) is 1. The van der Waals surface area contributed by atoms with Crippen LogP contribution in [0.3, 0.4) is 0 Å². The molecule has 1 N–H and O–H groups in total. The monoisotopic (exact) mass is 428 g/mol. The summed E-state index contributed by atoms with van der Waals surface area (Å²) in [6, 6.07) is 18.0. The average molecular weight is 429 g/mol. The number of hydrogen-bond donors (Lipinski definition) is 1. The molecule has 0 saturated heterocycles. The van der Waals surface area contributed by atoms with Gasteiger partial charge in [0.15, 0.2) is 0 Å². The van der Waals surface area contributed by atoms with Crippen molar-refractivity contribution in [2.75, 3.05) is 7.11 Å². The highest BCUT2D eigenvalue weighted by Crippen LogP contribution is 2.29. The van der Waals surface area contributed by atoms with Crippen molar-refractivity contribution in [3.8, 4) is 17.0 Å². The molecular formula is C26H28N4O2. The molecule has 0 aliphatic heterocycles. The molecular weight excluding hydrogens is 400 g/mol. The van der Waals surface area contributed by atoms with Gasteiger partial charge in [0.2, 0.25) is 5.91 Å². The summed E-state index contributed by atoms with van der Waals surface area (Å²) >= 11 is 0. The van der Waals surface area contributed by atoms with Crippen molar-refractivity contribution in [3.05, 3.63) is 78.2 Å². The first kappa shape index (κ1) is 21.6. The lowest BCUT2D eigenvalue weighted by Gasteiger charge is -2.17. The van der Waals surface area contributed by atoms with Gasteiger partial charge in [0, 0.05) is 48.0 Å². The maximum Gasteiger partial charge on any atom is 0.222 e. The van der Waals surface area contributed by atoms with Crippen LogP contribution in [0.25, 0.3) is 22.3 Å². The molecule has 0 aliphatic carbocycles. The molecule has 0 spiro atoms. The second-order valence-electron chi connectivity index (χ2n) is 7.97. The molecule has 1 amide bonds. The lowest BCUT2D eigenvalue weighted by atomic mass is 10.1. The van der Waals surface area contributed by atoms with Crippen LogP contribution in [0, 0.1) is 6.92 Å². The van der Waals surface area contributed by atoms with Gasteiger partial charge in [0.05, 0.1) is 12.8 Å². The molecule has 164 valence electrons. The highest BCUT2D eigenvalue weighted by Gasteiger charge is 2.16. The Labute approximate surface area is 188 Å². The molecule has 4 rings (SSSR count). The molecule has 1 unspecified atom stereocenters. The molecule has 0 bridgehead atoms. The van der Waals surface area contributed by atoms with Gasteiger partial charge in [0.25, 0.3) is 0 Å². The van der Waals surface area contributed by atoms with Crippen molar-refractivity contribution in [1.82, 2.24) is 19.9 Å². The third kappa shape index (κ3) is 4.64. The smallest absolute Gasteiger partial charge is 0.222 e. The number of aromatic nitrogens is 3. The van der Waals surface area contributed by atoms with Crippen LogP contribution in [0.5, 0.6) is 5.75 Å². The van der Waals surface area contributed by atoms with Crippen LogP contribution in [-0.2, 0) is 17.8 Å². The zero-order chi connectivity index (χ0) is 22.5. The number of nitrogens with zero attached hydrogens (tertiary/aromatic N) is 3. The van der Waals surface area contributed by atoms with Crippen LogP contribution in [0.4, 0.5) is 0 Å². The second-order valence-corrected chi connectivity index (χ2v) is 7.97. The minimum atomic E-state index is -0.00151. The summed E-state index contributed by atoms with van der Waals surface area (Å²) in [6.45, 7) is 4.55. The number of carbonyl (C=O) groups is 1. The number of benzene rings is 1. The van der Waals surface area contributed by atoms with Crippen LogP contribution >= 0.6 is 0 Å². The van der Waals surface area contributed by atoms with E-state index in [1.54, 1.807) is 19.5 Å². The van der Waals surface area contributed by atoms with Crippen molar-refractivity contribution < 1.29 is 9.53 Å². The third-order valence-electron chi connectivity index (χ3n) is 5.63. The van der Waals surface area contributed by atoms with E-state index >= 15 is 0 Å². The number of methoxy groups -OCH3 is 1. The summed E-state index contributed by atoms with van der Waals surface area (Å²) in [7, 11) is 1.67. The predicted molar refractivity (Wildman–Crippen MR) is 127 cm³/mol. The van der Waals surface area contributed by atoms with Gasteiger partial charge in [0.1, 0.15) is 11.4 Å². The predicted octanol–water partition coefficient (Wildman–Crippen LogP) is 4.55. The number of fused-ring (bicyclic) bond motifs is 1. The van der Waals surface area contributed by atoms with Gasteiger partial charge in [-0.2, -0.15) is 0 Å². The summed E-state index contributed by atoms with van der Waals surface area (Å²) in [5.41, 5.74) is 4.99. The lowest BCUT2D eigenvalue weighted by Crippen LogP contribution is -2.34. The molecule has 6 nitrogen and oxygen atoms in total. The Bertz CT molecular complexity index is 1230. The fourth-order valence-corrected chi connectivity index (χ4v) is 4.10. The van der Waals surface area contributed by atoms with E-state index in [0.717, 1.165) is 39.3 Å².